The maximum Gasteiger partial charge on any atom is 0.324 e. The molecule has 2 fully saturated rings. The van der Waals surface area contributed by atoms with Crippen LogP contribution in [-0.2, 0) is 9.53 Å². The Labute approximate surface area is 142 Å². The lowest BCUT2D eigenvalue weighted by Crippen LogP contribution is -2.54. The summed E-state index contributed by atoms with van der Waals surface area (Å²) in [4.78, 5) is 27.8. The number of likely N-dealkylation sites (tertiary alicyclic amines) is 1. The van der Waals surface area contributed by atoms with Crippen molar-refractivity contribution >= 4 is 17.7 Å². The Morgan fingerprint density at radius 3 is 2.58 bits per heavy atom. The molecule has 2 saturated heterocycles. The molecule has 0 aliphatic carbocycles. The van der Waals surface area contributed by atoms with E-state index in [9.17, 15) is 9.59 Å². The molecular weight excluding hydrogens is 308 g/mol. The van der Waals surface area contributed by atoms with Gasteiger partial charge in [0, 0.05) is 44.5 Å². The molecule has 0 radical (unpaired) electrons. The highest BCUT2D eigenvalue weighted by Gasteiger charge is 2.49. The van der Waals surface area contributed by atoms with Crippen LogP contribution in [0.15, 0.2) is 30.3 Å². The molecule has 2 amide bonds. The number of hydrogen-bond acceptors (Lipinski definition) is 3. The molecular formula is C18H24N2O4. The molecule has 1 aromatic carbocycles. The van der Waals surface area contributed by atoms with Gasteiger partial charge in [-0.1, -0.05) is 18.2 Å². The topological polar surface area (TPSA) is 70.1 Å². The molecule has 0 bridgehead atoms. The summed E-state index contributed by atoms with van der Waals surface area (Å²) in [7, 11) is 1.77. The molecule has 2 aliphatic heterocycles. The van der Waals surface area contributed by atoms with Crippen LogP contribution in [0.2, 0.25) is 0 Å². The number of carboxylic acids is 1. The highest BCUT2D eigenvalue weighted by atomic mass is 16.5. The number of anilines is 1. The van der Waals surface area contributed by atoms with Crippen molar-refractivity contribution in [2.24, 2.45) is 5.92 Å². The largest absolute Gasteiger partial charge is 0.481 e. The summed E-state index contributed by atoms with van der Waals surface area (Å²) < 4.78 is 5.48. The average Bonchev–Trinajstić information content (AvgIpc) is 2.91. The third-order valence-corrected chi connectivity index (χ3v) is 5.23. The number of nitrogens with zero attached hydrogens (tertiary/aromatic N) is 2. The van der Waals surface area contributed by atoms with Crippen LogP contribution in [0.4, 0.5) is 10.5 Å². The Balaban J connectivity index is 1.82. The number of carboxylic acid groups (broad SMARTS) is 1. The monoisotopic (exact) mass is 332 g/mol. The van der Waals surface area contributed by atoms with Crippen LogP contribution >= 0.6 is 0 Å². The van der Waals surface area contributed by atoms with Crippen molar-refractivity contribution in [2.45, 2.75) is 31.2 Å². The summed E-state index contributed by atoms with van der Waals surface area (Å²) in [6.45, 7) is 1.75. The Hall–Kier alpha value is -2.08. The first-order valence-electron chi connectivity index (χ1n) is 8.42. The van der Waals surface area contributed by atoms with Crippen LogP contribution < -0.4 is 4.90 Å². The summed E-state index contributed by atoms with van der Waals surface area (Å²) >= 11 is 0. The predicted octanol–water partition coefficient (Wildman–Crippen LogP) is 2.59. The second kappa shape index (κ2) is 6.81. The molecule has 6 heteroatoms. The molecule has 24 heavy (non-hydrogen) atoms. The van der Waals surface area contributed by atoms with E-state index in [1.807, 2.05) is 35.2 Å². The Bertz CT molecular complexity index is 598. The number of hydrogen-bond donors (Lipinski definition) is 1. The zero-order valence-electron chi connectivity index (χ0n) is 14.0. The number of amides is 2. The highest BCUT2D eigenvalue weighted by Crippen LogP contribution is 2.42. The molecule has 2 aliphatic rings. The maximum atomic E-state index is 13.1. The van der Waals surface area contributed by atoms with Gasteiger partial charge in [0.25, 0.3) is 0 Å². The molecule has 1 spiro atoms. The number of para-hydroxylation sites is 1. The van der Waals surface area contributed by atoms with Crippen molar-refractivity contribution in [3.05, 3.63) is 30.3 Å². The third-order valence-electron chi connectivity index (χ3n) is 5.23. The van der Waals surface area contributed by atoms with Crippen LogP contribution in [0.3, 0.4) is 0 Å². The molecule has 130 valence electrons. The van der Waals surface area contributed by atoms with Crippen LogP contribution in [0, 0.1) is 5.92 Å². The van der Waals surface area contributed by atoms with Crippen LogP contribution in [0.1, 0.15) is 25.7 Å². The number of carbonyl (C=O) groups excluding carboxylic acids is 1. The first kappa shape index (κ1) is 16.8. The van der Waals surface area contributed by atoms with Gasteiger partial charge in [0.15, 0.2) is 0 Å². The van der Waals surface area contributed by atoms with E-state index in [0.717, 1.165) is 24.9 Å². The molecule has 2 heterocycles. The number of aliphatic carboxylic acids is 1. The minimum absolute atomic E-state index is 0.00808. The van der Waals surface area contributed by atoms with Crippen molar-refractivity contribution < 1.29 is 19.4 Å². The Morgan fingerprint density at radius 2 is 1.96 bits per heavy atom. The fourth-order valence-corrected chi connectivity index (χ4v) is 4.00. The van der Waals surface area contributed by atoms with Gasteiger partial charge in [-0.15, -0.1) is 0 Å². The molecule has 6 nitrogen and oxygen atoms in total. The number of benzene rings is 1. The number of rotatable bonds is 3. The molecule has 1 aromatic rings. The van der Waals surface area contributed by atoms with Crippen molar-refractivity contribution in [3.8, 4) is 0 Å². The summed E-state index contributed by atoms with van der Waals surface area (Å²) in [6.07, 6.45) is 2.41. The van der Waals surface area contributed by atoms with E-state index in [0.29, 0.717) is 19.8 Å². The van der Waals surface area contributed by atoms with Gasteiger partial charge < -0.3 is 14.7 Å². The molecule has 0 aromatic heterocycles. The summed E-state index contributed by atoms with van der Waals surface area (Å²) in [6, 6.07) is 9.47. The minimum Gasteiger partial charge on any atom is -0.481 e. The molecule has 3 rings (SSSR count). The lowest BCUT2D eigenvalue weighted by molar-refractivity contribution is -0.138. The minimum atomic E-state index is -0.798. The highest BCUT2D eigenvalue weighted by molar-refractivity contribution is 5.92. The van der Waals surface area contributed by atoms with Gasteiger partial charge in [-0.2, -0.15) is 0 Å². The Morgan fingerprint density at radius 1 is 1.29 bits per heavy atom. The summed E-state index contributed by atoms with van der Waals surface area (Å²) in [5, 5.41) is 9.13. The van der Waals surface area contributed by atoms with Crippen molar-refractivity contribution in [2.75, 3.05) is 31.7 Å². The first-order chi connectivity index (χ1) is 11.5. The molecule has 1 atom stereocenters. The van der Waals surface area contributed by atoms with Gasteiger partial charge >= 0.3 is 12.0 Å². The van der Waals surface area contributed by atoms with E-state index < -0.39 is 5.97 Å². The van der Waals surface area contributed by atoms with E-state index in [1.54, 1.807) is 11.9 Å². The van der Waals surface area contributed by atoms with Gasteiger partial charge in [0.2, 0.25) is 0 Å². The molecule has 1 unspecified atom stereocenters. The van der Waals surface area contributed by atoms with Gasteiger partial charge in [0.05, 0.1) is 0 Å². The second-order valence-electron chi connectivity index (χ2n) is 6.79. The third kappa shape index (κ3) is 3.24. The fraction of sp³-hybridized carbons (Fsp3) is 0.556. The SMILES string of the molecule is CN(C(=O)N1CC(CC(=O)O)CC12CCOCC2)c1ccccc1. The van der Waals surface area contributed by atoms with E-state index in [4.69, 9.17) is 9.84 Å². The van der Waals surface area contributed by atoms with E-state index in [2.05, 4.69) is 0 Å². The average molecular weight is 332 g/mol. The number of carbonyl (C=O) groups is 2. The van der Waals surface area contributed by atoms with E-state index in [1.165, 1.54) is 0 Å². The van der Waals surface area contributed by atoms with E-state index in [-0.39, 0.29) is 23.9 Å². The Kier molecular flexibility index (Phi) is 4.76. The van der Waals surface area contributed by atoms with Gasteiger partial charge in [-0.05, 0) is 37.3 Å². The van der Waals surface area contributed by atoms with Crippen molar-refractivity contribution in [3.63, 3.8) is 0 Å². The summed E-state index contributed by atoms with van der Waals surface area (Å²) in [5.74, 6) is -0.790. The number of ether oxygens (including phenoxy) is 1. The second-order valence-corrected chi connectivity index (χ2v) is 6.79. The molecule has 1 N–H and O–H groups in total. The fourth-order valence-electron chi connectivity index (χ4n) is 4.00. The maximum absolute atomic E-state index is 13.1. The van der Waals surface area contributed by atoms with Crippen LogP contribution in [-0.4, -0.2) is 54.4 Å². The smallest absolute Gasteiger partial charge is 0.324 e. The quantitative estimate of drug-likeness (QED) is 0.923. The summed E-state index contributed by atoms with van der Waals surface area (Å²) in [5.41, 5.74) is 0.574. The van der Waals surface area contributed by atoms with Crippen LogP contribution in [0.5, 0.6) is 0 Å². The lowest BCUT2D eigenvalue weighted by Gasteiger charge is -2.42. The van der Waals surface area contributed by atoms with Gasteiger partial charge in [-0.3, -0.25) is 9.69 Å². The van der Waals surface area contributed by atoms with E-state index >= 15 is 0 Å². The molecule has 0 saturated carbocycles. The first-order valence-corrected chi connectivity index (χ1v) is 8.42. The van der Waals surface area contributed by atoms with Gasteiger partial charge in [-0.25, -0.2) is 4.79 Å². The van der Waals surface area contributed by atoms with Crippen molar-refractivity contribution in [1.82, 2.24) is 4.90 Å². The van der Waals surface area contributed by atoms with Crippen LogP contribution in [0.25, 0.3) is 0 Å². The normalized spacial score (nSPS) is 22.5. The van der Waals surface area contributed by atoms with Crippen molar-refractivity contribution in [1.29, 1.82) is 0 Å². The predicted molar refractivity (Wildman–Crippen MR) is 90.1 cm³/mol. The lowest BCUT2D eigenvalue weighted by atomic mass is 9.84. The zero-order chi connectivity index (χ0) is 17.2. The van der Waals surface area contributed by atoms with Gasteiger partial charge in [0.1, 0.15) is 0 Å². The zero-order valence-corrected chi connectivity index (χ0v) is 14.0. The number of urea groups is 1. The standard InChI is InChI=1S/C18H24N2O4/c1-19(15-5-3-2-4-6-15)17(23)20-13-14(11-16(21)22)12-18(20)7-9-24-10-8-18/h2-6,14H,7-13H2,1H3,(H,21,22).